The number of anilines is 2. The standard InChI is InChI=1S/C12H14N4S/c1-6-11-9(15-7(2)17-11)8-4-5-14-12(13)10(8)16(6)3/h4-6H,1-3H3,(H2,13,14). The van der Waals surface area contributed by atoms with E-state index in [-0.39, 0.29) is 0 Å². The Bertz CT molecular complexity index is 590. The Kier molecular flexibility index (Phi) is 2.13. The number of fused-ring (bicyclic) bond motifs is 3. The highest BCUT2D eigenvalue weighted by atomic mass is 32.1. The first kappa shape index (κ1) is 10.5. The van der Waals surface area contributed by atoms with Gasteiger partial charge in [0.2, 0.25) is 0 Å². The van der Waals surface area contributed by atoms with E-state index in [1.807, 2.05) is 13.0 Å². The molecule has 0 radical (unpaired) electrons. The van der Waals surface area contributed by atoms with Gasteiger partial charge in [0.15, 0.2) is 0 Å². The van der Waals surface area contributed by atoms with Crippen molar-refractivity contribution in [3.8, 4) is 11.3 Å². The third-order valence-electron chi connectivity index (χ3n) is 3.28. The van der Waals surface area contributed by atoms with E-state index >= 15 is 0 Å². The molecule has 0 fully saturated rings. The lowest BCUT2D eigenvalue weighted by molar-refractivity contribution is 0.743. The second-order valence-corrected chi connectivity index (χ2v) is 5.56. The van der Waals surface area contributed by atoms with Gasteiger partial charge in [-0.05, 0) is 19.9 Å². The molecule has 4 nitrogen and oxygen atoms in total. The highest BCUT2D eigenvalue weighted by Crippen LogP contribution is 2.47. The van der Waals surface area contributed by atoms with Gasteiger partial charge in [0.1, 0.15) is 5.82 Å². The van der Waals surface area contributed by atoms with Crippen LogP contribution in [-0.4, -0.2) is 17.0 Å². The molecule has 0 aliphatic carbocycles. The Hall–Kier alpha value is -1.62. The summed E-state index contributed by atoms with van der Waals surface area (Å²) in [5, 5.41) is 1.10. The number of thiazole rings is 1. The van der Waals surface area contributed by atoms with Crippen molar-refractivity contribution in [2.75, 3.05) is 17.7 Å². The minimum atomic E-state index is 0.301. The summed E-state index contributed by atoms with van der Waals surface area (Å²) in [5.74, 6) is 0.577. The van der Waals surface area contributed by atoms with Crippen LogP contribution in [0, 0.1) is 6.92 Å². The zero-order valence-electron chi connectivity index (χ0n) is 10.1. The van der Waals surface area contributed by atoms with E-state index in [2.05, 4.69) is 28.8 Å². The van der Waals surface area contributed by atoms with Crippen LogP contribution in [0.15, 0.2) is 12.3 Å². The van der Waals surface area contributed by atoms with Gasteiger partial charge < -0.3 is 10.6 Å². The largest absolute Gasteiger partial charge is 0.382 e. The van der Waals surface area contributed by atoms with Crippen LogP contribution in [0.4, 0.5) is 11.5 Å². The van der Waals surface area contributed by atoms with Gasteiger partial charge in [0, 0.05) is 18.8 Å². The summed E-state index contributed by atoms with van der Waals surface area (Å²) in [6.45, 7) is 4.21. The average Bonchev–Trinajstić information content (AvgIpc) is 2.68. The van der Waals surface area contributed by atoms with E-state index in [1.54, 1.807) is 17.5 Å². The van der Waals surface area contributed by atoms with E-state index in [9.17, 15) is 0 Å². The fraction of sp³-hybridized carbons (Fsp3) is 0.333. The molecule has 0 bridgehead atoms. The predicted octanol–water partition coefficient (Wildman–Crippen LogP) is 2.61. The first-order valence-corrected chi connectivity index (χ1v) is 6.36. The van der Waals surface area contributed by atoms with Gasteiger partial charge in [0.25, 0.3) is 0 Å². The maximum Gasteiger partial charge on any atom is 0.147 e. The zero-order chi connectivity index (χ0) is 12.2. The van der Waals surface area contributed by atoms with Crippen molar-refractivity contribution in [3.63, 3.8) is 0 Å². The summed E-state index contributed by atoms with van der Waals surface area (Å²) in [7, 11) is 2.06. The van der Waals surface area contributed by atoms with Crippen molar-refractivity contribution in [2.24, 2.45) is 0 Å². The molecule has 0 aromatic carbocycles. The number of aryl methyl sites for hydroxylation is 1. The molecule has 88 valence electrons. The fourth-order valence-corrected chi connectivity index (χ4v) is 3.36. The van der Waals surface area contributed by atoms with E-state index < -0.39 is 0 Å². The first-order valence-electron chi connectivity index (χ1n) is 5.54. The average molecular weight is 246 g/mol. The third-order valence-corrected chi connectivity index (χ3v) is 4.42. The molecule has 2 aromatic rings. The van der Waals surface area contributed by atoms with E-state index in [4.69, 9.17) is 5.73 Å². The molecule has 0 saturated carbocycles. The Balaban J connectivity index is 2.35. The quantitative estimate of drug-likeness (QED) is 0.776. The van der Waals surface area contributed by atoms with Crippen LogP contribution in [0.1, 0.15) is 22.9 Å². The maximum absolute atomic E-state index is 5.98. The molecule has 0 amide bonds. The fourth-order valence-electron chi connectivity index (χ4n) is 2.32. The van der Waals surface area contributed by atoms with Gasteiger partial charge in [-0.15, -0.1) is 11.3 Å². The molecule has 0 spiro atoms. The molecule has 3 heterocycles. The van der Waals surface area contributed by atoms with Gasteiger partial charge in [-0.25, -0.2) is 9.97 Å². The van der Waals surface area contributed by atoms with Crippen molar-refractivity contribution >= 4 is 22.8 Å². The van der Waals surface area contributed by atoms with Crippen LogP contribution in [0.3, 0.4) is 0 Å². The van der Waals surface area contributed by atoms with Gasteiger partial charge in [0.05, 0.1) is 27.3 Å². The summed E-state index contributed by atoms with van der Waals surface area (Å²) in [5.41, 5.74) is 9.15. The van der Waals surface area contributed by atoms with Gasteiger partial charge in [-0.2, -0.15) is 0 Å². The molecule has 2 aromatic heterocycles. The topological polar surface area (TPSA) is 55.0 Å². The van der Waals surface area contributed by atoms with Crippen LogP contribution in [0.2, 0.25) is 0 Å². The SMILES string of the molecule is Cc1nc2c(s1)C(C)N(C)c1c-2ccnc1N. The minimum absolute atomic E-state index is 0.301. The van der Waals surface area contributed by atoms with Gasteiger partial charge >= 0.3 is 0 Å². The molecule has 1 aliphatic heterocycles. The molecule has 1 atom stereocenters. The molecule has 0 saturated heterocycles. The van der Waals surface area contributed by atoms with Gasteiger partial charge in [-0.3, -0.25) is 0 Å². The molecule has 2 N–H and O–H groups in total. The van der Waals surface area contributed by atoms with E-state index in [0.717, 1.165) is 22.0 Å². The van der Waals surface area contributed by atoms with Crippen LogP contribution >= 0.6 is 11.3 Å². The molecule has 17 heavy (non-hydrogen) atoms. The molecular formula is C12H14N4S. The minimum Gasteiger partial charge on any atom is -0.382 e. The lowest BCUT2D eigenvalue weighted by Crippen LogP contribution is -2.26. The molecule has 1 unspecified atom stereocenters. The van der Waals surface area contributed by atoms with Crippen molar-refractivity contribution < 1.29 is 0 Å². The van der Waals surface area contributed by atoms with Crippen LogP contribution < -0.4 is 10.6 Å². The number of nitrogen functional groups attached to an aromatic ring is 1. The summed E-state index contributed by atoms with van der Waals surface area (Å²) in [6, 6.07) is 2.29. The number of hydrogen-bond donors (Lipinski definition) is 1. The van der Waals surface area contributed by atoms with E-state index in [1.165, 1.54) is 4.88 Å². The maximum atomic E-state index is 5.98. The number of pyridine rings is 1. The Morgan fingerprint density at radius 1 is 1.47 bits per heavy atom. The second-order valence-electron chi connectivity index (χ2n) is 4.32. The Labute approximate surface area is 104 Å². The lowest BCUT2D eigenvalue weighted by atomic mass is 10.0. The van der Waals surface area contributed by atoms with Crippen molar-refractivity contribution in [2.45, 2.75) is 19.9 Å². The zero-order valence-corrected chi connectivity index (χ0v) is 10.9. The van der Waals surface area contributed by atoms with Crippen molar-refractivity contribution in [1.82, 2.24) is 9.97 Å². The second kappa shape index (κ2) is 3.43. The normalized spacial score (nSPS) is 17.8. The number of nitrogens with two attached hydrogens (primary N) is 1. The van der Waals surface area contributed by atoms with Crippen LogP contribution in [-0.2, 0) is 0 Å². The molecule has 5 heteroatoms. The predicted molar refractivity (Wildman–Crippen MR) is 71.3 cm³/mol. The monoisotopic (exact) mass is 246 g/mol. The van der Waals surface area contributed by atoms with Crippen LogP contribution in [0.25, 0.3) is 11.3 Å². The van der Waals surface area contributed by atoms with Crippen LogP contribution in [0.5, 0.6) is 0 Å². The van der Waals surface area contributed by atoms with Crippen molar-refractivity contribution in [1.29, 1.82) is 0 Å². The lowest BCUT2D eigenvalue weighted by Gasteiger charge is -2.33. The molecule has 3 rings (SSSR count). The summed E-state index contributed by atoms with van der Waals surface area (Å²) >= 11 is 1.76. The smallest absolute Gasteiger partial charge is 0.147 e. The van der Waals surface area contributed by atoms with E-state index in [0.29, 0.717) is 11.9 Å². The third kappa shape index (κ3) is 1.35. The highest BCUT2D eigenvalue weighted by molar-refractivity contribution is 7.12. The number of aromatic nitrogens is 2. The first-order chi connectivity index (χ1) is 8.09. The Morgan fingerprint density at radius 2 is 2.24 bits per heavy atom. The summed E-state index contributed by atoms with van der Waals surface area (Å²) < 4.78 is 0. The number of rotatable bonds is 0. The van der Waals surface area contributed by atoms with Crippen molar-refractivity contribution in [3.05, 3.63) is 22.1 Å². The summed E-state index contributed by atoms with van der Waals surface area (Å²) in [6.07, 6.45) is 1.75. The Morgan fingerprint density at radius 3 is 3.00 bits per heavy atom. The molecular weight excluding hydrogens is 232 g/mol. The summed E-state index contributed by atoms with van der Waals surface area (Å²) in [4.78, 5) is 12.3. The highest BCUT2D eigenvalue weighted by Gasteiger charge is 2.30. The molecule has 1 aliphatic rings. The van der Waals surface area contributed by atoms with Gasteiger partial charge in [-0.1, -0.05) is 0 Å². The number of nitrogens with zero attached hydrogens (tertiary/aromatic N) is 3. The number of hydrogen-bond acceptors (Lipinski definition) is 5.